The summed E-state index contributed by atoms with van der Waals surface area (Å²) in [5.74, 6) is -1.99. The maximum Gasteiger partial charge on any atom is 0.322 e. The average Bonchev–Trinajstić information content (AvgIpc) is 2.89. The van der Waals surface area contributed by atoms with Crippen molar-refractivity contribution in [3.8, 4) is 0 Å². The van der Waals surface area contributed by atoms with Gasteiger partial charge in [0.1, 0.15) is 6.54 Å². The fourth-order valence-corrected chi connectivity index (χ4v) is 1.88. The lowest BCUT2D eigenvalue weighted by Gasteiger charge is -2.22. The molecule has 1 atom stereocenters. The molecule has 1 unspecified atom stereocenters. The highest BCUT2D eigenvalue weighted by Crippen LogP contribution is 2.11. The van der Waals surface area contributed by atoms with E-state index in [9.17, 15) is 14.4 Å². The van der Waals surface area contributed by atoms with Crippen LogP contribution in [-0.2, 0) is 27.3 Å². The number of nitrogens with one attached hydrogen (secondary N) is 4. The third kappa shape index (κ3) is 3.54. The van der Waals surface area contributed by atoms with Gasteiger partial charge in [-0.25, -0.2) is 4.98 Å². The summed E-state index contributed by atoms with van der Waals surface area (Å²) >= 11 is 0. The monoisotopic (exact) mass is 281 g/mol. The van der Waals surface area contributed by atoms with Crippen LogP contribution in [0.1, 0.15) is 11.4 Å². The highest BCUT2D eigenvalue weighted by atomic mass is 16.4. The lowest BCUT2D eigenvalue weighted by atomic mass is 10.0. The Labute approximate surface area is 114 Å². The molecule has 0 radical (unpaired) electrons. The summed E-state index contributed by atoms with van der Waals surface area (Å²) in [5, 5.41) is 16.0. The van der Waals surface area contributed by atoms with Gasteiger partial charge in [0, 0.05) is 13.0 Å². The molecular weight excluding hydrogens is 266 g/mol. The van der Waals surface area contributed by atoms with E-state index in [2.05, 4.69) is 25.9 Å². The zero-order valence-corrected chi connectivity index (χ0v) is 10.6. The van der Waals surface area contributed by atoms with Gasteiger partial charge in [0.15, 0.2) is 0 Å². The van der Waals surface area contributed by atoms with E-state index in [0.717, 1.165) is 11.4 Å². The summed E-state index contributed by atoms with van der Waals surface area (Å²) < 4.78 is 0. The molecule has 108 valence electrons. The van der Waals surface area contributed by atoms with Gasteiger partial charge < -0.3 is 20.7 Å². The molecule has 0 bridgehead atoms. The minimum Gasteiger partial charge on any atom is -0.480 e. The van der Waals surface area contributed by atoms with Crippen LogP contribution in [0.15, 0.2) is 6.33 Å². The molecule has 2 amide bonds. The Balaban J connectivity index is 1.76. The second-order valence-electron chi connectivity index (χ2n) is 4.35. The standard InChI is InChI=1S/C11H15N5O4/c17-9(13-4-10(18)19)3-14-11(20)7-1-6-8(2-12-7)16-5-15-6/h5,7,12H,1-4H2,(H,13,17)(H,14,20)(H,15,16)(H,18,19). The molecule has 1 aliphatic rings. The number of nitrogens with zero attached hydrogens (tertiary/aromatic N) is 1. The first-order valence-electron chi connectivity index (χ1n) is 6.07. The highest BCUT2D eigenvalue weighted by molar-refractivity contribution is 5.88. The van der Waals surface area contributed by atoms with Crippen molar-refractivity contribution in [2.75, 3.05) is 13.1 Å². The fourth-order valence-electron chi connectivity index (χ4n) is 1.88. The molecule has 9 nitrogen and oxygen atoms in total. The van der Waals surface area contributed by atoms with Crippen LogP contribution in [0.4, 0.5) is 0 Å². The normalized spacial score (nSPS) is 17.1. The number of aromatic nitrogens is 2. The number of imidazole rings is 1. The molecular formula is C11H15N5O4. The molecule has 20 heavy (non-hydrogen) atoms. The zero-order chi connectivity index (χ0) is 14.5. The van der Waals surface area contributed by atoms with Crippen LogP contribution in [0.25, 0.3) is 0 Å². The van der Waals surface area contributed by atoms with Crippen LogP contribution >= 0.6 is 0 Å². The number of fused-ring (bicyclic) bond motifs is 1. The van der Waals surface area contributed by atoms with E-state index >= 15 is 0 Å². The van der Waals surface area contributed by atoms with Crippen LogP contribution < -0.4 is 16.0 Å². The summed E-state index contributed by atoms with van der Waals surface area (Å²) in [7, 11) is 0. The van der Waals surface area contributed by atoms with Gasteiger partial charge in [-0.2, -0.15) is 0 Å². The molecule has 1 aliphatic heterocycles. The number of rotatable bonds is 5. The van der Waals surface area contributed by atoms with Gasteiger partial charge >= 0.3 is 5.97 Å². The second kappa shape index (κ2) is 6.15. The van der Waals surface area contributed by atoms with Gasteiger partial charge in [-0.3, -0.25) is 19.7 Å². The van der Waals surface area contributed by atoms with Gasteiger partial charge in [-0.15, -0.1) is 0 Å². The molecule has 2 heterocycles. The zero-order valence-electron chi connectivity index (χ0n) is 10.6. The molecule has 9 heteroatoms. The smallest absolute Gasteiger partial charge is 0.322 e. The predicted octanol–water partition coefficient (Wildman–Crippen LogP) is -2.26. The van der Waals surface area contributed by atoms with E-state index in [1.165, 1.54) is 0 Å². The lowest BCUT2D eigenvalue weighted by Crippen LogP contribution is -2.50. The van der Waals surface area contributed by atoms with Crippen LogP contribution in [0, 0.1) is 0 Å². The molecule has 2 rings (SSSR count). The molecule has 0 spiro atoms. The summed E-state index contributed by atoms with van der Waals surface area (Å²) in [4.78, 5) is 40.5. The third-order valence-electron chi connectivity index (χ3n) is 2.91. The first kappa shape index (κ1) is 14.0. The number of carbonyl (C=O) groups is 3. The van der Waals surface area contributed by atoms with Gasteiger partial charge in [-0.1, -0.05) is 0 Å². The summed E-state index contributed by atoms with van der Waals surface area (Å²) in [5.41, 5.74) is 1.78. The van der Waals surface area contributed by atoms with Crippen molar-refractivity contribution in [2.45, 2.75) is 19.0 Å². The Kier molecular flexibility index (Phi) is 4.31. The number of carbonyl (C=O) groups excluding carboxylic acids is 2. The topological polar surface area (TPSA) is 136 Å². The van der Waals surface area contributed by atoms with E-state index in [1.54, 1.807) is 6.33 Å². The van der Waals surface area contributed by atoms with E-state index in [-0.39, 0.29) is 12.5 Å². The quantitative estimate of drug-likeness (QED) is 0.413. The van der Waals surface area contributed by atoms with Crippen molar-refractivity contribution in [1.82, 2.24) is 25.9 Å². The number of hydrogen-bond acceptors (Lipinski definition) is 5. The van der Waals surface area contributed by atoms with Crippen molar-refractivity contribution in [3.63, 3.8) is 0 Å². The van der Waals surface area contributed by atoms with Crippen molar-refractivity contribution in [2.24, 2.45) is 0 Å². The summed E-state index contributed by atoms with van der Waals surface area (Å²) in [6.45, 7) is -0.205. The van der Waals surface area contributed by atoms with Crippen molar-refractivity contribution in [3.05, 3.63) is 17.7 Å². The van der Waals surface area contributed by atoms with E-state index in [4.69, 9.17) is 5.11 Å². The Morgan fingerprint density at radius 1 is 1.35 bits per heavy atom. The number of hydrogen-bond donors (Lipinski definition) is 5. The van der Waals surface area contributed by atoms with Gasteiger partial charge in [0.25, 0.3) is 0 Å². The molecule has 1 aromatic rings. The third-order valence-corrected chi connectivity index (χ3v) is 2.91. The lowest BCUT2D eigenvalue weighted by molar-refractivity contribution is -0.137. The Hall–Kier alpha value is -2.42. The number of H-pyrrole nitrogens is 1. The van der Waals surface area contributed by atoms with Crippen molar-refractivity contribution < 1.29 is 19.5 Å². The maximum atomic E-state index is 11.9. The first-order chi connectivity index (χ1) is 9.56. The largest absolute Gasteiger partial charge is 0.480 e. The number of aromatic amines is 1. The van der Waals surface area contributed by atoms with Gasteiger partial charge in [-0.05, 0) is 0 Å². The van der Waals surface area contributed by atoms with Gasteiger partial charge in [0.05, 0.1) is 30.3 Å². The highest BCUT2D eigenvalue weighted by Gasteiger charge is 2.25. The van der Waals surface area contributed by atoms with Gasteiger partial charge in [0.2, 0.25) is 11.8 Å². The Morgan fingerprint density at radius 3 is 2.90 bits per heavy atom. The first-order valence-corrected chi connectivity index (χ1v) is 6.07. The van der Waals surface area contributed by atoms with Crippen LogP contribution in [-0.4, -0.2) is 52.0 Å². The number of aliphatic carboxylic acids is 1. The fraction of sp³-hybridized carbons (Fsp3) is 0.455. The second-order valence-corrected chi connectivity index (χ2v) is 4.35. The minimum atomic E-state index is -1.13. The molecule has 0 saturated carbocycles. The van der Waals surface area contributed by atoms with Crippen LogP contribution in [0.2, 0.25) is 0 Å². The van der Waals surface area contributed by atoms with E-state index in [1.807, 2.05) is 0 Å². The number of carboxylic acids is 1. The van der Waals surface area contributed by atoms with Crippen molar-refractivity contribution >= 4 is 17.8 Å². The Bertz CT molecular complexity index is 527. The SMILES string of the molecule is O=C(O)CNC(=O)CNC(=O)C1Cc2nc[nH]c2CN1. The number of amides is 2. The van der Waals surface area contributed by atoms with E-state index in [0.29, 0.717) is 13.0 Å². The average molecular weight is 281 g/mol. The molecule has 0 aliphatic carbocycles. The molecule has 0 saturated heterocycles. The number of carboxylic acid groups (broad SMARTS) is 1. The Morgan fingerprint density at radius 2 is 2.15 bits per heavy atom. The molecule has 0 fully saturated rings. The summed E-state index contributed by atoms with van der Waals surface area (Å²) in [6, 6.07) is -0.446. The minimum absolute atomic E-state index is 0.252. The van der Waals surface area contributed by atoms with Crippen LogP contribution in [0.3, 0.4) is 0 Å². The van der Waals surface area contributed by atoms with E-state index < -0.39 is 24.5 Å². The molecule has 0 aromatic carbocycles. The summed E-state index contributed by atoms with van der Waals surface area (Å²) in [6.07, 6.45) is 2.02. The van der Waals surface area contributed by atoms with Crippen LogP contribution in [0.5, 0.6) is 0 Å². The maximum absolute atomic E-state index is 11.9. The van der Waals surface area contributed by atoms with Crippen molar-refractivity contribution in [1.29, 1.82) is 0 Å². The molecule has 1 aromatic heterocycles. The molecule has 5 N–H and O–H groups in total. The predicted molar refractivity (Wildman–Crippen MR) is 66.6 cm³/mol.